The van der Waals surface area contributed by atoms with E-state index in [2.05, 4.69) is 6.92 Å². The topological polar surface area (TPSA) is 26.0 Å². The van der Waals surface area contributed by atoms with Gasteiger partial charge in [0, 0.05) is 5.54 Å². The highest BCUT2D eigenvalue weighted by Crippen LogP contribution is 2.51. The molecule has 1 aliphatic carbocycles. The summed E-state index contributed by atoms with van der Waals surface area (Å²) in [6.07, 6.45) is 3.39. The van der Waals surface area contributed by atoms with E-state index >= 15 is 0 Å². The Morgan fingerprint density at radius 1 is 1.43 bits per heavy atom. The Bertz CT molecular complexity index is 320. The summed E-state index contributed by atoms with van der Waals surface area (Å²) in [6, 6.07) is 6.60. The number of hydrogen-bond acceptors (Lipinski definition) is 1. The van der Waals surface area contributed by atoms with E-state index < -0.39 is 0 Å². The van der Waals surface area contributed by atoms with Crippen LogP contribution < -0.4 is 5.73 Å². The fourth-order valence-corrected chi connectivity index (χ4v) is 2.17. The molecule has 0 amide bonds. The van der Waals surface area contributed by atoms with Crippen LogP contribution in [0.3, 0.4) is 0 Å². The van der Waals surface area contributed by atoms with Crippen molar-refractivity contribution in [2.75, 3.05) is 0 Å². The minimum atomic E-state index is -0.190. The van der Waals surface area contributed by atoms with E-state index in [-0.39, 0.29) is 11.4 Å². The van der Waals surface area contributed by atoms with E-state index in [1.807, 2.05) is 12.1 Å². The molecule has 2 atom stereocenters. The van der Waals surface area contributed by atoms with Crippen molar-refractivity contribution in [1.29, 1.82) is 0 Å². The largest absolute Gasteiger partial charge is 0.321 e. The first-order chi connectivity index (χ1) is 6.66. The highest BCUT2D eigenvalue weighted by Gasteiger charge is 2.50. The Balaban J connectivity index is 2.13. The lowest BCUT2D eigenvalue weighted by atomic mass is 10.0. The van der Waals surface area contributed by atoms with Crippen molar-refractivity contribution in [2.24, 2.45) is 11.7 Å². The lowest BCUT2D eigenvalue weighted by Crippen LogP contribution is -2.22. The van der Waals surface area contributed by atoms with E-state index in [4.69, 9.17) is 5.73 Å². The molecule has 0 heterocycles. The Hall–Kier alpha value is -0.890. The monoisotopic (exact) mass is 193 g/mol. The van der Waals surface area contributed by atoms with Crippen molar-refractivity contribution in [3.8, 4) is 0 Å². The fourth-order valence-electron chi connectivity index (χ4n) is 2.17. The zero-order valence-electron chi connectivity index (χ0n) is 8.46. The molecule has 2 rings (SSSR count). The summed E-state index contributed by atoms with van der Waals surface area (Å²) in [6.45, 7) is 2.17. The van der Waals surface area contributed by atoms with E-state index in [1.54, 1.807) is 0 Å². The molecule has 1 aromatic rings. The molecule has 2 unspecified atom stereocenters. The molecule has 1 aromatic carbocycles. The molecule has 1 saturated carbocycles. The van der Waals surface area contributed by atoms with Gasteiger partial charge in [0.2, 0.25) is 0 Å². The summed E-state index contributed by atoms with van der Waals surface area (Å²) in [5.74, 6) is 0.406. The molecular weight excluding hydrogens is 177 g/mol. The zero-order valence-corrected chi connectivity index (χ0v) is 8.46. The number of nitrogens with two attached hydrogens (primary N) is 1. The fraction of sp³-hybridized carbons (Fsp3) is 0.500. The maximum Gasteiger partial charge on any atom is 0.123 e. The second-order valence-corrected chi connectivity index (χ2v) is 4.24. The molecule has 1 nitrogen and oxygen atoms in total. The average molecular weight is 193 g/mol. The molecule has 0 saturated heterocycles. The molecule has 1 fully saturated rings. The summed E-state index contributed by atoms with van der Waals surface area (Å²) < 4.78 is 12.7. The van der Waals surface area contributed by atoms with Crippen LogP contribution in [0.2, 0.25) is 0 Å². The normalized spacial score (nSPS) is 30.4. The van der Waals surface area contributed by atoms with E-state index in [0.29, 0.717) is 5.92 Å². The molecule has 0 aliphatic heterocycles. The van der Waals surface area contributed by atoms with Gasteiger partial charge in [0.1, 0.15) is 5.82 Å². The third kappa shape index (κ3) is 1.55. The minimum absolute atomic E-state index is 0.163. The maximum atomic E-state index is 12.7. The summed E-state index contributed by atoms with van der Waals surface area (Å²) in [5.41, 5.74) is 7.14. The average Bonchev–Trinajstić information content (AvgIpc) is 2.80. The first-order valence-corrected chi connectivity index (χ1v) is 5.21. The highest BCUT2D eigenvalue weighted by molar-refractivity contribution is 5.31. The summed E-state index contributed by atoms with van der Waals surface area (Å²) in [4.78, 5) is 0. The van der Waals surface area contributed by atoms with Crippen molar-refractivity contribution >= 4 is 0 Å². The minimum Gasteiger partial charge on any atom is -0.321 e. The molecule has 0 radical (unpaired) electrons. The molecule has 14 heavy (non-hydrogen) atoms. The number of benzene rings is 1. The predicted molar refractivity (Wildman–Crippen MR) is 55.3 cm³/mol. The van der Waals surface area contributed by atoms with Crippen LogP contribution >= 0.6 is 0 Å². The molecule has 76 valence electrons. The van der Waals surface area contributed by atoms with Crippen LogP contribution in [0.4, 0.5) is 4.39 Å². The first kappa shape index (κ1) is 9.66. The summed E-state index contributed by atoms with van der Waals surface area (Å²) in [5, 5.41) is 0. The number of rotatable bonds is 3. The van der Waals surface area contributed by atoms with Crippen LogP contribution in [0.25, 0.3) is 0 Å². The molecule has 0 spiro atoms. The quantitative estimate of drug-likeness (QED) is 0.784. The van der Waals surface area contributed by atoms with Gasteiger partial charge in [-0.1, -0.05) is 25.5 Å². The van der Waals surface area contributed by atoms with Gasteiger partial charge in [0.25, 0.3) is 0 Å². The number of hydrogen-bond donors (Lipinski definition) is 1. The third-order valence-corrected chi connectivity index (χ3v) is 3.17. The molecule has 1 aliphatic rings. The zero-order chi connectivity index (χ0) is 10.2. The van der Waals surface area contributed by atoms with Crippen molar-refractivity contribution < 1.29 is 4.39 Å². The Kier molecular flexibility index (Phi) is 2.31. The van der Waals surface area contributed by atoms with Crippen LogP contribution in [0.5, 0.6) is 0 Å². The van der Waals surface area contributed by atoms with E-state index in [0.717, 1.165) is 12.0 Å². The van der Waals surface area contributed by atoms with E-state index in [1.165, 1.54) is 25.0 Å². The smallest absolute Gasteiger partial charge is 0.123 e. The van der Waals surface area contributed by atoms with Crippen molar-refractivity contribution in [1.82, 2.24) is 0 Å². The summed E-state index contributed by atoms with van der Waals surface area (Å²) >= 11 is 0. The van der Waals surface area contributed by atoms with Gasteiger partial charge in [-0.15, -0.1) is 0 Å². The van der Waals surface area contributed by atoms with Crippen LogP contribution in [0.1, 0.15) is 31.7 Å². The lowest BCUT2D eigenvalue weighted by Gasteiger charge is -2.11. The van der Waals surface area contributed by atoms with Crippen LogP contribution in [0, 0.1) is 11.7 Å². The van der Waals surface area contributed by atoms with Gasteiger partial charge in [0.15, 0.2) is 0 Å². The molecule has 2 heteroatoms. The van der Waals surface area contributed by atoms with Crippen molar-refractivity contribution in [3.05, 3.63) is 35.6 Å². The number of halogens is 1. The van der Waals surface area contributed by atoms with Crippen LogP contribution in [0.15, 0.2) is 24.3 Å². The van der Waals surface area contributed by atoms with Gasteiger partial charge in [-0.05, 0) is 36.5 Å². The molecule has 0 aromatic heterocycles. The first-order valence-electron chi connectivity index (χ1n) is 5.21. The van der Waals surface area contributed by atoms with Gasteiger partial charge in [-0.3, -0.25) is 0 Å². The Morgan fingerprint density at radius 2 is 2.07 bits per heavy atom. The summed E-state index contributed by atoms with van der Waals surface area (Å²) in [7, 11) is 0. The van der Waals surface area contributed by atoms with E-state index in [9.17, 15) is 4.39 Å². The van der Waals surface area contributed by atoms with Gasteiger partial charge in [0.05, 0.1) is 0 Å². The Labute approximate surface area is 84.1 Å². The van der Waals surface area contributed by atoms with Gasteiger partial charge < -0.3 is 5.73 Å². The molecule has 2 N–H and O–H groups in total. The van der Waals surface area contributed by atoms with Crippen LogP contribution in [-0.2, 0) is 5.54 Å². The standard InChI is InChI=1S/C12H16FN/c1-2-3-10-8-12(10,14)9-4-6-11(13)7-5-9/h4-7,10H,2-3,8,14H2,1H3. The molecular formula is C12H16FN. The lowest BCUT2D eigenvalue weighted by molar-refractivity contribution is 0.579. The predicted octanol–water partition coefficient (Wildman–Crippen LogP) is 2.80. The van der Waals surface area contributed by atoms with Crippen molar-refractivity contribution in [3.63, 3.8) is 0 Å². The van der Waals surface area contributed by atoms with Gasteiger partial charge in [-0.2, -0.15) is 0 Å². The van der Waals surface area contributed by atoms with Crippen molar-refractivity contribution in [2.45, 2.75) is 31.7 Å². The van der Waals surface area contributed by atoms with Gasteiger partial charge >= 0.3 is 0 Å². The second-order valence-electron chi connectivity index (χ2n) is 4.24. The van der Waals surface area contributed by atoms with Crippen LogP contribution in [-0.4, -0.2) is 0 Å². The third-order valence-electron chi connectivity index (χ3n) is 3.17. The highest BCUT2D eigenvalue weighted by atomic mass is 19.1. The van der Waals surface area contributed by atoms with Gasteiger partial charge in [-0.25, -0.2) is 4.39 Å². The second kappa shape index (κ2) is 3.35. The maximum absolute atomic E-state index is 12.7. The SMILES string of the molecule is CCCC1CC1(N)c1ccc(F)cc1. The Morgan fingerprint density at radius 3 is 2.64 bits per heavy atom. The molecule has 0 bridgehead atoms.